The van der Waals surface area contributed by atoms with Gasteiger partial charge in [0.15, 0.2) is 0 Å². The molecule has 1 aliphatic carbocycles. The molecule has 3 aliphatic rings. The van der Waals surface area contributed by atoms with Crippen molar-refractivity contribution in [3.05, 3.63) is 0 Å². The highest BCUT2D eigenvalue weighted by Gasteiger charge is 2.63. The summed E-state index contributed by atoms with van der Waals surface area (Å²) in [6.07, 6.45) is 3.93. The lowest BCUT2D eigenvalue weighted by atomic mass is 9.55. The first-order valence-corrected chi connectivity index (χ1v) is 6.26. The van der Waals surface area contributed by atoms with E-state index in [0.717, 1.165) is 19.3 Å². The normalized spacial score (nSPS) is 34.2. The van der Waals surface area contributed by atoms with Crippen molar-refractivity contribution in [3.63, 3.8) is 0 Å². The molecule has 0 aromatic heterocycles. The third-order valence-corrected chi connectivity index (χ3v) is 4.48. The summed E-state index contributed by atoms with van der Waals surface area (Å²) in [7, 11) is 0. The molecule has 2 aliphatic heterocycles. The predicted molar refractivity (Wildman–Crippen MR) is 58.8 cm³/mol. The Bertz CT molecular complexity index is 401. The fourth-order valence-corrected chi connectivity index (χ4v) is 3.77. The van der Waals surface area contributed by atoms with Crippen LogP contribution in [0.25, 0.3) is 0 Å². The molecule has 0 unspecified atom stereocenters. The topological polar surface area (TPSA) is 92.3 Å². The fraction of sp³-hybridized carbons (Fsp3) is 0.667. The highest BCUT2D eigenvalue weighted by molar-refractivity contribution is 6.22. The number of imide groups is 2. The molecule has 0 aromatic rings. The second kappa shape index (κ2) is 3.63. The predicted octanol–water partition coefficient (Wildman–Crippen LogP) is -0.518. The zero-order valence-corrected chi connectivity index (χ0v) is 9.82. The van der Waals surface area contributed by atoms with Gasteiger partial charge in [0.2, 0.25) is 23.6 Å². The summed E-state index contributed by atoms with van der Waals surface area (Å²) in [4.78, 5) is 47.6. The molecular formula is C12H14N2O4. The number of nitrogens with one attached hydrogen (secondary N) is 2. The van der Waals surface area contributed by atoms with Crippen LogP contribution in [-0.2, 0) is 19.2 Å². The van der Waals surface area contributed by atoms with E-state index in [4.69, 9.17) is 0 Å². The van der Waals surface area contributed by atoms with Crippen LogP contribution in [-0.4, -0.2) is 23.6 Å². The van der Waals surface area contributed by atoms with E-state index in [9.17, 15) is 19.2 Å². The highest BCUT2D eigenvalue weighted by Crippen LogP contribution is 2.52. The van der Waals surface area contributed by atoms with Gasteiger partial charge in [0.05, 0.1) is 0 Å². The summed E-state index contributed by atoms with van der Waals surface area (Å²) in [5.74, 6) is -3.99. The van der Waals surface area contributed by atoms with Gasteiger partial charge in [-0.05, 0) is 12.8 Å². The Kier molecular flexibility index (Phi) is 2.30. The average Bonchev–Trinajstić information content (AvgIpc) is 2.27. The molecule has 2 heterocycles. The maximum Gasteiger partial charge on any atom is 0.239 e. The maximum absolute atomic E-state index is 11.9. The molecule has 96 valence electrons. The minimum Gasteiger partial charge on any atom is -0.295 e. The zero-order valence-electron chi connectivity index (χ0n) is 9.82. The largest absolute Gasteiger partial charge is 0.295 e. The van der Waals surface area contributed by atoms with E-state index >= 15 is 0 Å². The van der Waals surface area contributed by atoms with Gasteiger partial charge in [-0.25, -0.2) is 0 Å². The van der Waals surface area contributed by atoms with Crippen molar-refractivity contribution in [2.24, 2.45) is 17.3 Å². The summed E-state index contributed by atoms with van der Waals surface area (Å²) in [6, 6.07) is 0. The van der Waals surface area contributed by atoms with Crippen LogP contribution in [0.2, 0.25) is 0 Å². The molecule has 3 fully saturated rings. The van der Waals surface area contributed by atoms with E-state index < -0.39 is 40.9 Å². The second-order valence-electron chi connectivity index (χ2n) is 5.37. The van der Waals surface area contributed by atoms with Crippen LogP contribution < -0.4 is 10.6 Å². The molecule has 1 spiro atoms. The zero-order chi connectivity index (χ0) is 12.9. The molecule has 4 amide bonds. The molecule has 1 saturated carbocycles. The van der Waals surface area contributed by atoms with Crippen molar-refractivity contribution in [3.8, 4) is 0 Å². The van der Waals surface area contributed by atoms with Gasteiger partial charge in [-0.15, -0.1) is 0 Å². The smallest absolute Gasteiger partial charge is 0.239 e. The van der Waals surface area contributed by atoms with Crippen molar-refractivity contribution >= 4 is 23.6 Å². The first-order chi connectivity index (χ1) is 8.56. The maximum atomic E-state index is 11.9. The third kappa shape index (κ3) is 1.28. The van der Waals surface area contributed by atoms with Gasteiger partial charge in [-0.2, -0.15) is 0 Å². The Morgan fingerprint density at radius 2 is 1.11 bits per heavy atom. The lowest BCUT2D eigenvalue weighted by Crippen LogP contribution is -2.70. The summed E-state index contributed by atoms with van der Waals surface area (Å²) in [6.45, 7) is 0. The first-order valence-electron chi connectivity index (χ1n) is 6.26. The quantitative estimate of drug-likeness (QED) is 0.447. The van der Waals surface area contributed by atoms with Gasteiger partial charge in [-0.1, -0.05) is 19.3 Å². The number of amides is 4. The minimum absolute atomic E-state index is 0.553. The van der Waals surface area contributed by atoms with Gasteiger partial charge >= 0.3 is 0 Å². The molecular weight excluding hydrogens is 236 g/mol. The lowest BCUT2D eigenvalue weighted by Gasteiger charge is -2.50. The molecule has 0 radical (unpaired) electrons. The van der Waals surface area contributed by atoms with Crippen LogP contribution >= 0.6 is 0 Å². The number of rotatable bonds is 0. The summed E-state index contributed by atoms with van der Waals surface area (Å²) in [5.41, 5.74) is -0.767. The molecule has 0 atom stereocenters. The minimum atomic E-state index is -0.891. The molecule has 6 heteroatoms. The monoisotopic (exact) mass is 250 g/mol. The molecule has 3 rings (SSSR count). The van der Waals surface area contributed by atoms with Gasteiger partial charge in [-0.3, -0.25) is 29.8 Å². The Balaban J connectivity index is 2.12. The summed E-state index contributed by atoms with van der Waals surface area (Å²) < 4.78 is 0. The number of hydrogen-bond acceptors (Lipinski definition) is 4. The van der Waals surface area contributed by atoms with E-state index in [0.29, 0.717) is 12.8 Å². The molecule has 2 saturated heterocycles. The average molecular weight is 250 g/mol. The van der Waals surface area contributed by atoms with Crippen LogP contribution in [0.1, 0.15) is 32.1 Å². The van der Waals surface area contributed by atoms with Crippen LogP contribution in [0, 0.1) is 17.3 Å². The Labute approximate surface area is 103 Å². The van der Waals surface area contributed by atoms with Gasteiger partial charge in [0, 0.05) is 5.41 Å². The van der Waals surface area contributed by atoms with Crippen LogP contribution in [0.3, 0.4) is 0 Å². The van der Waals surface area contributed by atoms with E-state index in [1.54, 1.807) is 0 Å². The standard InChI is InChI=1S/C12H14N2O4/c15-8-6-9(16)14-11(18)7(10(17)13-8)12(6)4-2-1-3-5-12/h6-7H,1-5H2,(H,13,15,17)(H,14,16,18). The number of hydrogen-bond donors (Lipinski definition) is 2. The fourth-order valence-electron chi connectivity index (χ4n) is 3.77. The van der Waals surface area contributed by atoms with Gasteiger partial charge < -0.3 is 0 Å². The van der Waals surface area contributed by atoms with Gasteiger partial charge in [0.25, 0.3) is 0 Å². The number of carbonyl (C=O) groups excluding carboxylic acids is 4. The SMILES string of the molecule is O=C1NC(=O)C2C(=O)NC(=O)C1C21CCCCC1. The molecule has 0 aromatic carbocycles. The molecule has 2 bridgehead atoms. The van der Waals surface area contributed by atoms with Crippen molar-refractivity contribution in [2.45, 2.75) is 32.1 Å². The number of carbonyl (C=O) groups is 4. The first kappa shape index (κ1) is 11.4. The van der Waals surface area contributed by atoms with E-state index in [-0.39, 0.29) is 0 Å². The summed E-state index contributed by atoms with van der Waals surface area (Å²) in [5, 5.41) is 4.31. The number of piperidine rings is 2. The van der Waals surface area contributed by atoms with E-state index in [2.05, 4.69) is 10.6 Å². The third-order valence-electron chi connectivity index (χ3n) is 4.48. The van der Waals surface area contributed by atoms with Crippen molar-refractivity contribution < 1.29 is 19.2 Å². The van der Waals surface area contributed by atoms with Crippen LogP contribution in [0.15, 0.2) is 0 Å². The van der Waals surface area contributed by atoms with Crippen molar-refractivity contribution in [2.75, 3.05) is 0 Å². The van der Waals surface area contributed by atoms with Crippen LogP contribution in [0.4, 0.5) is 0 Å². The van der Waals surface area contributed by atoms with Crippen molar-refractivity contribution in [1.82, 2.24) is 10.6 Å². The molecule has 6 nitrogen and oxygen atoms in total. The molecule has 18 heavy (non-hydrogen) atoms. The molecule has 2 N–H and O–H groups in total. The Morgan fingerprint density at radius 1 is 0.722 bits per heavy atom. The Morgan fingerprint density at radius 3 is 1.50 bits per heavy atom. The Hall–Kier alpha value is -1.72. The second-order valence-corrected chi connectivity index (χ2v) is 5.37. The van der Waals surface area contributed by atoms with E-state index in [1.165, 1.54) is 0 Å². The van der Waals surface area contributed by atoms with E-state index in [1.807, 2.05) is 0 Å². The van der Waals surface area contributed by atoms with Gasteiger partial charge in [0.1, 0.15) is 11.8 Å². The van der Waals surface area contributed by atoms with Crippen LogP contribution in [0.5, 0.6) is 0 Å². The highest BCUT2D eigenvalue weighted by atomic mass is 16.2. The lowest BCUT2D eigenvalue weighted by molar-refractivity contribution is -0.169. The van der Waals surface area contributed by atoms with Crippen molar-refractivity contribution in [1.29, 1.82) is 0 Å². The summed E-state index contributed by atoms with van der Waals surface area (Å²) >= 11 is 0.